The van der Waals surface area contributed by atoms with Crippen LogP contribution in [0.1, 0.15) is 41.7 Å². The number of carbonyl (C=O) groups excluding carboxylic acids is 1. The van der Waals surface area contributed by atoms with Gasteiger partial charge in [0.05, 0.1) is 23.1 Å². The zero-order valence-corrected chi connectivity index (χ0v) is 14.5. The van der Waals surface area contributed by atoms with Gasteiger partial charge in [-0.3, -0.25) is 4.79 Å². The normalized spacial score (nSPS) is 14.0. The van der Waals surface area contributed by atoms with E-state index in [9.17, 15) is 4.79 Å². The molecule has 0 atom stereocenters. The fourth-order valence-corrected chi connectivity index (χ4v) is 3.06. The van der Waals surface area contributed by atoms with Crippen LogP contribution >= 0.6 is 11.6 Å². The Labute approximate surface area is 146 Å². The van der Waals surface area contributed by atoms with Crippen molar-refractivity contribution in [3.63, 3.8) is 0 Å². The summed E-state index contributed by atoms with van der Waals surface area (Å²) in [6.07, 6.45) is 5.30. The van der Waals surface area contributed by atoms with E-state index in [2.05, 4.69) is 5.10 Å². The van der Waals surface area contributed by atoms with Crippen molar-refractivity contribution in [3.05, 3.63) is 46.7 Å². The number of benzene rings is 1. The van der Waals surface area contributed by atoms with Gasteiger partial charge in [0.1, 0.15) is 0 Å². The largest absolute Gasteiger partial charge is 0.396 e. The number of unbranched alkanes of at least 4 members (excludes halogenated alkanes) is 1. The molecule has 1 aromatic heterocycles. The fraction of sp³-hybridized carbons (Fsp3) is 0.444. The summed E-state index contributed by atoms with van der Waals surface area (Å²) in [5.41, 5.74) is 2.29. The van der Waals surface area contributed by atoms with Crippen LogP contribution in [0.2, 0.25) is 5.02 Å². The molecular weight excluding hydrogens is 326 g/mol. The van der Waals surface area contributed by atoms with Gasteiger partial charge in [0.15, 0.2) is 0 Å². The van der Waals surface area contributed by atoms with Crippen LogP contribution in [0.15, 0.2) is 30.5 Å². The Bertz CT molecular complexity index is 725. The number of carbonyl (C=O) groups is 1. The molecule has 0 aliphatic heterocycles. The minimum absolute atomic E-state index is 0.0289. The minimum Gasteiger partial charge on any atom is -0.396 e. The third-order valence-corrected chi connectivity index (χ3v) is 4.58. The van der Waals surface area contributed by atoms with E-state index in [4.69, 9.17) is 16.7 Å². The molecule has 1 amide bonds. The van der Waals surface area contributed by atoms with Gasteiger partial charge in [-0.25, -0.2) is 4.68 Å². The molecule has 0 saturated heterocycles. The second kappa shape index (κ2) is 7.36. The number of aliphatic hydroxyl groups excluding tert-OH is 1. The van der Waals surface area contributed by atoms with Crippen molar-refractivity contribution in [3.8, 4) is 5.69 Å². The lowest BCUT2D eigenvalue weighted by molar-refractivity contribution is 0.0736. The number of aromatic nitrogens is 2. The molecule has 1 saturated carbocycles. The first-order valence-corrected chi connectivity index (χ1v) is 8.72. The maximum absolute atomic E-state index is 12.9. The van der Waals surface area contributed by atoms with Crippen LogP contribution < -0.4 is 0 Å². The first-order chi connectivity index (χ1) is 11.6. The molecule has 2 aromatic rings. The molecule has 1 fully saturated rings. The maximum atomic E-state index is 12.9. The standard InChI is InChI=1S/C18H22ClN3O2/c1-13-17(12-20-22(13)16-6-4-5-14(19)11-16)18(24)21(15-7-8-15)9-2-3-10-23/h4-6,11-12,15,23H,2-3,7-10H2,1H3. The molecular formula is C18H22ClN3O2. The zero-order chi connectivity index (χ0) is 17.1. The molecule has 24 heavy (non-hydrogen) atoms. The van der Waals surface area contributed by atoms with Crippen molar-refractivity contribution in [1.29, 1.82) is 0 Å². The Morgan fingerprint density at radius 3 is 2.88 bits per heavy atom. The highest BCUT2D eigenvalue weighted by Crippen LogP contribution is 2.29. The third kappa shape index (κ3) is 3.62. The predicted molar refractivity (Wildman–Crippen MR) is 93.7 cm³/mol. The third-order valence-electron chi connectivity index (χ3n) is 4.35. The average molecular weight is 348 g/mol. The van der Waals surface area contributed by atoms with E-state index in [1.165, 1.54) is 0 Å². The summed E-state index contributed by atoms with van der Waals surface area (Å²) in [6.45, 7) is 2.75. The van der Waals surface area contributed by atoms with Gasteiger partial charge in [-0.2, -0.15) is 5.10 Å². The van der Waals surface area contributed by atoms with Gasteiger partial charge in [0.25, 0.3) is 5.91 Å². The number of nitrogens with zero attached hydrogens (tertiary/aromatic N) is 3. The predicted octanol–water partition coefficient (Wildman–Crippen LogP) is 3.21. The van der Waals surface area contributed by atoms with Gasteiger partial charge < -0.3 is 10.0 Å². The van der Waals surface area contributed by atoms with E-state index in [1.54, 1.807) is 10.9 Å². The maximum Gasteiger partial charge on any atom is 0.257 e. The van der Waals surface area contributed by atoms with Crippen molar-refractivity contribution >= 4 is 17.5 Å². The Balaban J connectivity index is 1.82. The number of hydrogen-bond donors (Lipinski definition) is 1. The van der Waals surface area contributed by atoms with Crippen LogP contribution in [0, 0.1) is 6.92 Å². The summed E-state index contributed by atoms with van der Waals surface area (Å²) in [5.74, 6) is 0.0289. The van der Waals surface area contributed by atoms with Crippen molar-refractivity contribution in [2.24, 2.45) is 0 Å². The van der Waals surface area contributed by atoms with Crippen LogP contribution in [0.4, 0.5) is 0 Å². The lowest BCUT2D eigenvalue weighted by Gasteiger charge is -2.22. The van der Waals surface area contributed by atoms with Crippen molar-refractivity contribution in [2.75, 3.05) is 13.2 Å². The van der Waals surface area contributed by atoms with E-state index in [-0.39, 0.29) is 12.5 Å². The molecule has 0 spiro atoms. The van der Waals surface area contributed by atoms with Crippen LogP contribution in [0.25, 0.3) is 5.69 Å². The Morgan fingerprint density at radius 1 is 1.42 bits per heavy atom. The van der Waals surface area contributed by atoms with Gasteiger partial charge in [-0.1, -0.05) is 17.7 Å². The number of amides is 1. The van der Waals surface area contributed by atoms with E-state index in [0.29, 0.717) is 23.2 Å². The van der Waals surface area contributed by atoms with E-state index in [0.717, 1.165) is 37.1 Å². The average Bonchev–Trinajstić information content (AvgIpc) is 3.33. The fourth-order valence-electron chi connectivity index (χ4n) is 2.87. The molecule has 0 unspecified atom stereocenters. The lowest BCUT2D eigenvalue weighted by atomic mass is 10.2. The van der Waals surface area contributed by atoms with Gasteiger partial charge in [0.2, 0.25) is 0 Å². The summed E-state index contributed by atoms with van der Waals surface area (Å²) in [7, 11) is 0. The lowest BCUT2D eigenvalue weighted by Crippen LogP contribution is -2.34. The van der Waals surface area contributed by atoms with E-state index < -0.39 is 0 Å². The molecule has 6 heteroatoms. The molecule has 1 aliphatic carbocycles. The summed E-state index contributed by atoms with van der Waals surface area (Å²) in [6, 6.07) is 7.76. The van der Waals surface area contributed by atoms with Gasteiger partial charge in [0, 0.05) is 24.2 Å². The number of rotatable bonds is 7. The van der Waals surface area contributed by atoms with Gasteiger partial charge >= 0.3 is 0 Å². The number of hydrogen-bond acceptors (Lipinski definition) is 3. The van der Waals surface area contributed by atoms with Crippen LogP contribution in [-0.2, 0) is 0 Å². The quantitative estimate of drug-likeness (QED) is 0.782. The minimum atomic E-state index is 0.0289. The zero-order valence-electron chi connectivity index (χ0n) is 13.8. The first-order valence-electron chi connectivity index (χ1n) is 8.34. The van der Waals surface area contributed by atoms with Crippen LogP contribution in [0.3, 0.4) is 0 Å². The highest BCUT2D eigenvalue weighted by Gasteiger charge is 2.33. The van der Waals surface area contributed by atoms with Crippen LogP contribution in [0.5, 0.6) is 0 Å². The Kier molecular flexibility index (Phi) is 5.21. The second-order valence-corrected chi connectivity index (χ2v) is 6.63. The molecule has 1 heterocycles. The Hall–Kier alpha value is -1.85. The Morgan fingerprint density at radius 2 is 2.21 bits per heavy atom. The summed E-state index contributed by atoms with van der Waals surface area (Å²) in [5, 5.41) is 14.0. The smallest absolute Gasteiger partial charge is 0.257 e. The molecule has 0 radical (unpaired) electrons. The highest BCUT2D eigenvalue weighted by atomic mass is 35.5. The van der Waals surface area contributed by atoms with E-state index >= 15 is 0 Å². The molecule has 3 rings (SSSR count). The number of halogens is 1. The number of aliphatic hydroxyl groups is 1. The molecule has 1 N–H and O–H groups in total. The molecule has 1 aromatic carbocycles. The monoisotopic (exact) mass is 347 g/mol. The van der Waals surface area contributed by atoms with Gasteiger partial charge in [-0.15, -0.1) is 0 Å². The SMILES string of the molecule is Cc1c(C(=O)N(CCCCO)C2CC2)cnn1-c1cccc(Cl)c1. The summed E-state index contributed by atoms with van der Waals surface area (Å²) >= 11 is 6.05. The van der Waals surface area contributed by atoms with Crippen molar-refractivity contribution < 1.29 is 9.90 Å². The first kappa shape index (κ1) is 17.0. The highest BCUT2D eigenvalue weighted by molar-refractivity contribution is 6.30. The second-order valence-electron chi connectivity index (χ2n) is 6.20. The van der Waals surface area contributed by atoms with Crippen LogP contribution in [-0.4, -0.2) is 44.9 Å². The topological polar surface area (TPSA) is 58.4 Å². The molecule has 5 nitrogen and oxygen atoms in total. The van der Waals surface area contributed by atoms with Crippen molar-refractivity contribution in [1.82, 2.24) is 14.7 Å². The molecule has 0 bridgehead atoms. The molecule has 1 aliphatic rings. The summed E-state index contributed by atoms with van der Waals surface area (Å²) in [4.78, 5) is 14.9. The van der Waals surface area contributed by atoms with E-state index in [1.807, 2.05) is 36.1 Å². The summed E-state index contributed by atoms with van der Waals surface area (Å²) < 4.78 is 1.75. The van der Waals surface area contributed by atoms with Crippen molar-refractivity contribution in [2.45, 2.75) is 38.6 Å². The molecule has 128 valence electrons. The van der Waals surface area contributed by atoms with Gasteiger partial charge in [-0.05, 0) is 50.8 Å².